The van der Waals surface area contributed by atoms with Crippen LogP contribution in [0.4, 0.5) is 5.69 Å². The molecule has 2 N–H and O–H groups in total. The van der Waals surface area contributed by atoms with Crippen LogP contribution in [0.5, 0.6) is 5.75 Å². The van der Waals surface area contributed by atoms with Crippen molar-refractivity contribution in [2.24, 2.45) is 0 Å². The zero-order valence-corrected chi connectivity index (χ0v) is 8.39. The quantitative estimate of drug-likeness (QED) is 0.725. The minimum absolute atomic E-state index is 0.418. The van der Waals surface area contributed by atoms with Gasteiger partial charge in [0.05, 0.1) is 18.4 Å². The van der Waals surface area contributed by atoms with Gasteiger partial charge >= 0.3 is 0 Å². The maximum absolute atomic E-state index is 8.97. The lowest BCUT2D eigenvalue weighted by atomic mass is 10.1. The minimum Gasteiger partial charge on any atom is -0.494 e. The summed E-state index contributed by atoms with van der Waals surface area (Å²) in [5, 5.41) is 11.8. The van der Waals surface area contributed by atoms with Gasteiger partial charge in [0.25, 0.3) is 0 Å². The van der Waals surface area contributed by atoms with Crippen molar-refractivity contribution in [3.63, 3.8) is 0 Å². The molecule has 70 valence electrons. The molecule has 0 unspecified atom stereocenters. The molecule has 3 nitrogen and oxygen atoms in total. The van der Waals surface area contributed by atoms with Crippen LogP contribution in [0, 0.1) is 11.3 Å². The van der Waals surface area contributed by atoms with E-state index in [9.17, 15) is 0 Å². The van der Waals surface area contributed by atoms with Crippen molar-refractivity contribution in [2.75, 3.05) is 12.8 Å². The largest absolute Gasteiger partial charge is 0.494 e. The highest BCUT2D eigenvalue weighted by molar-refractivity contribution is 7.17. The lowest BCUT2D eigenvalue weighted by Crippen LogP contribution is -1.95. The molecule has 0 aliphatic carbocycles. The normalized spacial score (nSPS) is 10.0. The fraction of sp³-hybridized carbons (Fsp3) is 0.100. The Labute approximate surface area is 85.3 Å². The van der Waals surface area contributed by atoms with E-state index in [0.29, 0.717) is 17.0 Å². The van der Waals surface area contributed by atoms with Gasteiger partial charge in [0.2, 0.25) is 0 Å². The van der Waals surface area contributed by atoms with E-state index in [1.807, 2.05) is 17.5 Å². The Balaban J connectivity index is 2.89. The molecule has 1 heterocycles. The van der Waals surface area contributed by atoms with Gasteiger partial charge in [0, 0.05) is 16.2 Å². The van der Waals surface area contributed by atoms with Crippen LogP contribution in [0.2, 0.25) is 0 Å². The third kappa shape index (κ3) is 1.10. The number of anilines is 1. The van der Waals surface area contributed by atoms with Crippen molar-refractivity contribution in [3.8, 4) is 11.8 Å². The molecule has 1 aromatic heterocycles. The highest BCUT2D eigenvalue weighted by atomic mass is 32.1. The molecule has 0 bridgehead atoms. The Morgan fingerprint density at radius 3 is 3.00 bits per heavy atom. The van der Waals surface area contributed by atoms with E-state index in [-0.39, 0.29) is 0 Å². The lowest BCUT2D eigenvalue weighted by Gasteiger charge is -2.06. The zero-order valence-electron chi connectivity index (χ0n) is 7.57. The molecule has 2 aromatic rings. The third-order valence-electron chi connectivity index (χ3n) is 2.09. The molecule has 0 saturated heterocycles. The highest BCUT2D eigenvalue weighted by Crippen LogP contribution is 2.35. The molecule has 0 aliphatic heterocycles. The molecule has 1 aromatic carbocycles. The lowest BCUT2D eigenvalue weighted by molar-refractivity contribution is 0.417. The first-order valence-corrected chi connectivity index (χ1v) is 4.89. The summed E-state index contributed by atoms with van der Waals surface area (Å²) in [5.41, 5.74) is 6.70. The number of nitrogens with two attached hydrogens (primary N) is 1. The molecule has 0 saturated carbocycles. The molecule has 0 spiro atoms. The van der Waals surface area contributed by atoms with Gasteiger partial charge in [-0.25, -0.2) is 0 Å². The van der Waals surface area contributed by atoms with Gasteiger partial charge in [0.1, 0.15) is 11.8 Å². The van der Waals surface area contributed by atoms with Crippen molar-refractivity contribution in [2.45, 2.75) is 0 Å². The predicted molar refractivity (Wildman–Crippen MR) is 57.5 cm³/mol. The number of rotatable bonds is 1. The van der Waals surface area contributed by atoms with E-state index in [2.05, 4.69) is 6.07 Å². The molecule has 14 heavy (non-hydrogen) atoms. The molecular formula is C10H8N2OS. The van der Waals surface area contributed by atoms with Crippen LogP contribution < -0.4 is 10.5 Å². The van der Waals surface area contributed by atoms with E-state index in [0.717, 1.165) is 10.1 Å². The van der Waals surface area contributed by atoms with Gasteiger partial charge in [-0.3, -0.25) is 0 Å². The van der Waals surface area contributed by atoms with Crippen molar-refractivity contribution in [3.05, 3.63) is 23.1 Å². The number of methoxy groups -OCH3 is 1. The van der Waals surface area contributed by atoms with Crippen LogP contribution in [0.25, 0.3) is 10.1 Å². The fourth-order valence-corrected chi connectivity index (χ4v) is 2.22. The van der Waals surface area contributed by atoms with Gasteiger partial charge in [0.15, 0.2) is 0 Å². The Morgan fingerprint density at radius 1 is 1.57 bits per heavy atom. The monoisotopic (exact) mass is 204 g/mol. The summed E-state index contributed by atoms with van der Waals surface area (Å²) in [6, 6.07) is 5.86. The number of nitriles is 1. The number of nitrogen functional groups attached to an aromatic ring is 1. The first kappa shape index (κ1) is 8.85. The molecule has 2 rings (SSSR count). The van der Waals surface area contributed by atoms with Gasteiger partial charge < -0.3 is 10.5 Å². The van der Waals surface area contributed by atoms with Crippen LogP contribution >= 0.6 is 11.3 Å². The average Bonchev–Trinajstić information content (AvgIpc) is 2.64. The van der Waals surface area contributed by atoms with Crippen LogP contribution in [-0.2, 0) is 0 Å². The number of hydrogen-bond acceptors (Lipinski definition) is 4. The summed E-state index contributed by atoms with van der Waals surface area (Å²) in [7, 11) is 1.55. The Bertz CT molecular complexity index is 525. The summed E-state index contributed by atoms with van der Waals surface area (Å²) in [4.78, 5) is 0. The van der Waals surface area contributed by atoms with Crippen LogP contribution in [0.1, 0.15) is 5.56 Å². The molecule has 0 amide bonds. The number of fused-ring (bicyclic) bond motifs is 1. The maximum atomic E-state index is 8.97. The predicted octanol–water partition coefficient (Wildman–Crippen LogP) is 2.36. The van der Waals surface area contributed by atoms with Gasteiger partial charge in [-0.1, -0.05) is 0 Å². The zero-order chi connectivity index (χ0) is 10.1. The topological polar surface area (TPSA) is 59.0 Å². The summed E-state index contributed by atoms with van der Waals surface area (Å²) in [5.74, 6) is 0.566. The number of thiophene rings is 1. The van der Waals surface area contributed by atoms with Crippen LogP contribution in [0.15, 0.2) is 17.5 Å². The van der Waals surface area contributed by atoms with Crippen molar-refractivity contribution in [1.29, 1.82) is 5.26 Å². The fourth-order valence-electron chi connectivity index (χ4n) is 1.39. The molecule has 0 fully saturated rings. The smallest absolute Gasteiger partial charge is 0.144 e. The van der Waals surface area contributed by atoms with Crippen molar-refractivity contribution < 1.29 is 4.74 Å². The summed E-state index contributed by atoms with van der Waals surface area (Å²) in [6.45, 7) is 0. The van der Waals surface area contributed by atoms with Crippen LogP contribution in [0.3, 0.4) is 0 Å². The van der Waals surface area contributed by atoms with Gasteiger partial charge in [-0.15, -0.1) is 11.3 Å². The minimum atomic E-state index is 0.418. The summed E-state index contributed by atoms with van der Waals surface area (Å²) in [6.07, 6.45) is 0. The molecule has 0 atom stereocenters. The Hall–Kier alpha value is -1.73. The molecule has 0 radical (unpaired) electrons. The molecule has 0 aliphatic rings. The number of nitrogens with zero attached hydrogens (tertiary/aromatic N) is 1. The molecular weight excluding hydrogens is 196 g/mol. The second kappa shape index (κ2) is 3.20. The van der Waals surface area contributed by atoms with E-state index in [4.69, 9.17) is 15.7 Å². The van der Waals surface area contributed by atoms with Crippen molar-refractivity contribution in [1.82, 2.24) is 0 Å². The third-order valence-corrected chi connectivity index (χ3v) is 2.96. The SMILES string of the molecule is COc1cc2sccc2c(C#N)c1N. The number of benzene rings is 1. The highest BCUT2D eigenvalue weighted by Gasteiger charge is 2.11. The first-order valence-electron chi connectivity index (χ1n) is 4.01. The van der Waals surface area contributed by atoms with Gasteiger partial charge in [-0.2, -0.15) is 5.26 Å². The van der Waals surface area contributed by atoms with E-state index in [1.165, 1.54) is 0 Å². The second-order valence-electron chi connectivity index (χ2n) is 2.81. The Kier molecular flexibility index (Phi) is 2.02. The summed E-state index contributed by atoms with van der Waals surface area (Å²) < 4.78 is 6.12. The first-order chi connectivity index (χ1) is 6.77. The van der Waals surface area contributed by atoms with Gasteiger partial charge in [-0.05, 0) is 11.4 Å². The van der Waals surface area contributed by atoms with E-state index < -0.39 is 0 Å². The second-order valence-corrected chi connectivity index (χ2v) is 3.76. The number of ether oxygens (including phenoxy) is 1. The van der Waals surface area contributed by atoms with E-state index >= 15 is 0 Å². The van der Waals surface area contributed by atoms with Crippen molar-refractivity contribution >= 4 is 27.1 Å². The van der Waals surface area contributed by atoms with Crippen LogP contribution in [-0.4, -0.2) is 7.11 Å². The van der Waals surface area contributed by atoms with E-state index in [1.54, 1.807) is 18.4 Å². The average molecular weight is 204 g/mol. The standard InChI is InChI=1S/C10H8N2OS/c1-13-8-4-9-6(2-3-14-9)7(5-11)10(8)12/h2-4H,12H2,1H3. The Morgan fingerprint density at radius 2 is 2.36 bits per heavy atom. The number of hydrogen-bond donors (Lipinski definition) is 1. The maximum Gasteiger partial charge on any atom is 0.144 e. The summed E-state index contributed by atoms with van der Waals surface area (Å²) >= 11 is 1.57. The molecule has 4 heteroatoms.